The van der Waals surface area contributed by atoms with Crippen LogP contribution >= 0.6 is 0 Å². The molecule has 2 heterocycles. The van der Waals surface area contributed by atoms with E-state index < -0.39 is 39.7 Å². The molecule has 2 fully saturated rings. The van der Waals surface area contributed by atoms with Crippen LogP contribution in [0.25, 0.3) is 0 Å². The Kier molecular flexibility index (Phi) is 5.25. The van der Waals surface area contributed by atoms with Crippen molar-refractivity contribution in [1.82, 2.24) is 0 Å². The number of aryl methyl sites for hydroxylation is 1. The van der Waals surface area contributed by atoms with Crippen LogP contribution in [0.4, 0.5) is 22.7 Å². The van der Waals surface area contributed by atoms with Gasteiger partial charge in [0.05, 0.1) is 27.3 Å². The van der Waals surface area contributed by atoms with Crippen molar-refractivity contribution in [2.45, 2.75) is 19.1 Å². The molecule has 176 valence electrons. The average molecular weight is 474 g/mol. The molecule has 2 amide bonds. The van der Waals surface area contributed by atoms with E-state index in [-0.39, 0.29) is 17.1 Å². The molecule has 35 heavy (non-hydrogen) atoms. The van der Waals surface area contributed by atoms with Gasteiger partial charge in [-0.3, -0.25) is 34.7 Å². The maximum atomic E-state index is 13.6. The van der Waals surface area contributed by atoms with Crippen LogP contribution in [0.5, 0.6) is 0 Å². The fourth-order valence-electron chi connectivity index (χ4n) is 4.46. The molecular weight excluding hydrogens is 456 g/mol. The van der Waals surface area contributed by atoms with Crippen LogP contribution in [0, 0.1) is 33.1 Å². The second kappa shape index (κ2) is 8.29. The van der Waals surface area contributed by atoms with Crippen molar-refractivity contribution < 1.29 is 24.3 Å². The summed E-state index contributed by atoms with van der Waals surface area (Å²) in [6, 6.07) is 17.5. The molecule has 0 aliphatic carbocycles. The number of hydroxylamine groups is 1. The van der Waals surface area contributed by atoms with Crippen molar-refractivity contribution in [3.63, 3.8) is 0 Å². The first-order valence-corrected chi connectivity index (χ1v) is 10.7. The number of carbonyl (C=O) groups is 2. The number of nitro benzene ring substituents is 2. The SMILES string of the molecule is Cc1ccc([C@H]2[C@H]3C(=O)N(c4ccc([N+](=O)[O-])cc4)C(=O)[C@@H]3ON2c2cccc([N+](=O)[O-])c2)cc1. The molecule has 2 saturated heterocycles. The largest absolute Gasteiger partial charge is 0.273 e. The van der Waals surface area contributed by atoms with Crippen LogP contribution < -0.4 is 9.96 Å². The van der Waals surface area contributed by atoms with Crippen molar-refractivity contribution in [1.29, 1.82) is 0 Å². The lowest BCUT2D eigenvalue weighted by Crippen LogP contribution is -2.37. The minimum atomic E-state index is -1.16. The first-order valence-electron chi connectivity index (χ1n) is 10.7. The van der Waals surface area contributed by atoms with E-state index in [1.54, 1.807) is 6.07 Å². The van der Waals surface area contributed by atoms with Gasteiger partial charge in [-0.05, 0) is 30.7 Å². The van der Waals surface area contributed by atoms with Gasteiger partial charge in [-0.1, -0.05) is 35.9 Å². The Morgan fingerprint density at radius 2 is 1.46 bits per heavy atom. The Bertz CT molecular complexity index is 1360. The van der Waals surface area contributed by atoms with E-state index in [4.69, 9.17) is 4.84 Å². The zero-order chi connectivity index (χ0) is 24.9. The van der Waals surface area contributed by atoms with E-state index in [1.807, 2.05) is 31.2 Å². The fraction of sp³-hybridized carbons (Fsp3) is 0.167. The molecule has 2 aliphatic heterocycles. The van der Waals surface area contributed by atoms with Crippen molar-refractivity contribution >= 4 is 34.6 Å². The summed E-state index contributed by atoms with van der Waals surface area (Å²) in [5.41, 5.74) is 1.90. The van der Waals surface area contributed by atoms with E-state index in [2.05, 4.69) is 0 Å². The molecule has 0 spiro atoms. The van der Waals surface area contributed by atoms with E-state index in [0.29, 0.717) is 11.3 Å². The molecule has 11 heteroatoms. The van der Waals surface area contributed by atoms with E-state index in [9.17, 15) is 29.8 Å². The third kappa shape index (κ3) is 3.67. The normalized spacial score (nSPS) is 21.3. The highest BCUT2D eigenvalue weighted by atomic mass is 16.7. The number of nitrogens with zero attached hydrogens (tertiary/aromatic N) is 4. The fourth-order valence-corrected chi connectivity index (χ4v) is 4.46. The topological polar surface area (TPSA) is 136 Å². The van der Waals surface area contributed by atoms with Gasteiger partial charge in [0.15, 0.2) is 6.10 Å². The quantitative estimate of drug-likeness (QED) is 0.309. The Morgan fingerprint density at radius 3 is 2.09 bits per heavy atom. The second-order valence-electron chi connectivity index (χ2n) is 8.30. The first-order chi connectivity index (χ1) is 16.8. The summed E-state index contributed by atoms with van der Waals surface area (Å²) in [7, 11) is 0. The first kappa shape index (κ1) is 22.2. The lowest BCUT2D eigenvalue weighted by Gasteiger charge is -2.28. The number of fused-ring (bicyclic) bond motifs is 1. The third-order valence-corrected chi connectivity index (χ3v) is 6.15. The zero-order valence-corrected chi connectivity index (χ0v) is 18.3. The Hall–Kier alpha value is -4.64. The second-order valence-corrected chi connectivity index (χ2v) is 8.30. The Balaban J connectivity index is 1.56. The lowest BCUT2D eigenvalue weighted by atomic mass is 9.90. The minimum absolute atomic E-state index is 0.157. The van der Waals surface area contributed by atoms with Crippen LogP contribution in [0.1, 0.15) is 17.2 Å². The van der Waals surface area contributed by atoms with E-state index >= 15 is 0 Å². The van der Waals surface area contributed by atoms with E-state index in [0.717, 1.165) is 10.5 Å². The van der Waals surface area contributed by atoms with Crippen molar-refractivity contribution in [3.05, 3.63) is 104 Å². The number of amides is 2. The molecular formula is C24H18N4O7. The van der Waals surface area contributed by atoms with Crippen LogP contribution in [0.15, 0.2) is 72.8 Å². The third-order valence-electron chi connectivity index (χ3n) is 6.15. The molecule has 2 aliphatic rings. The maximum Gasteiger partial charge on any atom is 0.271 e. The molecule has 0 radical (unpaired) electrons. The average Bonchev–Trinajstić information content (AvgIpc) is 3.35. The van der Waals surface area contributed by atoms with Crippen LogP contribution in [0.3, 0.4) is 0 Å². The predicted octanol–water partition coefficient (Wildman–Crippen LogP) is 3.86. The number of hydrogen-bond donors (Lipinski definition) is 0. The molecule has 3 aromatic rings. The molecule has 0 aromatic heterocycles. The number of carbonyl (C=O) groups excluding carboxylic acids is 2. The molecule has 0 bridgehead atoms. The van der Waals surface area contributed by atoms with Crippen LogP contribution in [-0.2, 0) is 14.4 Å². The molecule has 11 nitrogen and oxygen atoms in total. The van der Waals surface area contributed by atoms with Crippen LogP contribution in [-0.4, -0.2) is 27.8 Å². The molecule has 5 rings (SSSR count). The highest BCUT2D eigenvalue weighted by molar-refractivity contribution is 6.24. The monoisotopic (exact) mass is 474 g/mol. The summed E-state index contributed by atoms with van der Waals surface area (Å²) in [5, 5.41) is 23.7. The summed E-state index contributed by atoms with van der Waals surface area (Å²) in [5.74, 6) is -2.06. The summed E-state index contributed by atoms with van der Waals surface area (Å²) in [4.78, 5) is 55.0. The number of hydrogen-bond acceptors (Lipinski definition) is 8. The smallest absolute Gasteiger partial charge is 0.271 e. The van der Waals surface area contributed by atoms with Gasteiger partial charge in [-0.2, -0.15) is 0 Å². The molecule has 0 saturated carbocycles. The lowest BCUT2D eigenvalue weighted by molar-refractivity contribution is -0.385. The summed E-state index contributed by atoms with van der Waals surface area (Å²) >= 11 is 0. The van der Waals surface area contributed by atoms with E-state index in [1.165, 1.54) is 47.5 Å². The Labute approximate surface area is 198 Å². The number of rotatable bonds is 5. The molecule has 0 N–H and O–H groups in total. The Morgan fingerprint density at radius 1 is 0.800 bits per heavy atom. The van der Waals surface area contributed by atoms with Crippen molar-refractivity contribution in [2.75, 3.05) is 9.96 Å². The zero-order valence-electron chi connectivity index (χ0n) is 18.3. The molecule has 3 atom stereocenters. The highest BCUT2D eigenvalue weighted by Crippen LogP contribution is 2.48. The van der Waals surface area contributed by atoms with Gasteiger partial charge in [0, 0.05) is 24.3 Å². The summed E-state index contributed by atoms with van der Waals surface area (Å²) in [6.07, 6.45) is -1.16. The summed E-state index contributed by atoms with van der Waals surface area (Å²) < 4.78 is 0. The minimum Gasteiger partial charge on any atom is -0.273 e. The van der Waals surface area contributed by atoms with Gasteiger partial charge in [0.1, 0.15) is 5.92 Å². The maximum absolute atomic E-state index is 13.6. The predicted molar refractivity (Wildman–Crippen MR) is 123 cm³/mol. The molecule has 0 unspecified atom stereocenters. The summed E-state index contributed by atoms with van der Waals surface area (Å²) in [6.45, 7) is 1.91. The number of anilines is 2. The van der Waals surface area contributed by atoms with Gasteiger partial charge in [0.25, 0.3) is 17.3 Å². The van der Waals surface area contributed by atoms with Gasteiger partial charge >= 0.3 is 0 Å². The standard InChI is InChI=1S/C24H18N4O7/c1-14-5-7-15(8-6-14)21-20-22(35-26(21)18-3-2-4-19(13-18)28(33)34)24(30)25(23(20)29)16-9-11-17(12-10-16)27(31)32/h2-13,20-22H,1H3/t20-,21+,22-/m1/s1. The number of imide groups is 1. The van der Waals surface area contributed by atoms with Crippen LogP contribution in [0.2, 0.25) is 0 Å². The van der Waals surface area contributed by atoms with Gasteiger partial charge in [0.2, 0.25) is 5.91 Å². The number of non-ortho nitro benzene ring substituents is 2. The van der Waals surface area contributed by atoms with Gasteiger partial charge < -0.3 is 0 Å². The number of nitro groups is 2. The molecule has 3 aromatic carbocycles. The van der Waals surface area contributed by atoms with Crippen molar-refractivity contribution in [3.8, 4) is 0 Å². The van der Waals surface area contributed by atoms with Gasteiger partial charge in [-0.15, -0.1) is 0 Å². The highest BCUT2D eigenvalue weighted by Gasteiger charge is 2.60. The number of benzene rings is 3. The van der Waals surface area contributed by atoms with Crippen molar-refractivity contribution in [2.24, 2.45) is 5.92 Å². The van der Waals surface area contributed by atoms with Gasteiger partial charge in [-0.25, -0.2) is 9.96 Å².